The van der Waals surface area contributed by atoms with E-state index in [2.05, 4.69) is 30.5 Å². The van der Waals surface area contributed by atoms with Crippen LogP contribution in [-0.4, -0.2) is 39.4 Å². The molecule has 0 fully saturated rings. The van der Waals surface area contributed by atoms with E-state index in [1.807, 2.05) is 19.2 Å². The van der Waals surface area contributed by atoms with Crippen LogP contribution in [0.25, 0.3) is 0 Å². The normalized spacial score (nSPS) is 13.2. The van der Waals surface area contributed by atoms with E-state index in [1.165, 1.54) is 18.3 Å². The zero-order valence-electron chi connectivity index (χ0n) is 16.5. The number of nitrogens with one attached hydrogen (secondary N) is 2. The maximum absolute atomic E-state index is 14.1. The number of hydrogen-bond donors (Lipinski definition) is 2. The van der Waals surface area contributed by atoms with Gasteiger partial charge in [0, 0.05) is 25.2 Å². The van der Waals surface area contributed by atoms with Crippen LogP contribution >= 0.6 is 11.6 Å². The molecule has 0 atom stereocenters. The van der Waals surface area contributed by atoms with E-state index in [4.69, 9.17) is 16.9 Å². The largest absolute Gasteiger partial charge is 0.323 e. The number of likely N-dealkylation sites (N-methyl/N-ethyl adjacent to an activating group) is 1. The lowest BCUT2D eigenvalue weighted by Gasteiger charge is -2.24. The standard InChI is InChI=1S/C21H17ClFN7O/c1-30-6-5-17-13(11-30)7-14(9-25-17)27-21-26-10-15(22)19(29-21)20(31)28-18-12(8-24)3-2-4-16(18)23/h2-4,7,9-10H,5-6,11H2,1H3,(H,28,31)(H,26,27,29). The number of nitriles is 1. The van der Waals surface area contributed by atoms with Crippen LogP contribution in [0.5, 0.6) is 0 Å². The number of rotatable bonds is 4. The van der Waals surface area contributed by atoms with Gasteiger partial charge in [-0.2, -0.15) is 5.26 Å². The molecule has 3 heterocycles. The fraction of sp³-hybridized carbons (Fsp3) is 0.190. The molecule has 1 aliphatic rings. The number of anilines is 3. The lowest BCUT2D eigenvalue weighted by atomic mass is 10.1. The quantitative estimate of drug-likeness (QED) is 0.643. The number of pyridine rings is 1. The second kappa shape index (κ2) is 8.63. The predicted molar refractivity (Wildman–Crippen MR) is 114 cm³/mol. The summed E-state index contributed by atoms with van der Waals surface area (Å²) < 4.78 is 14.1. The highest BCUT2D eigenvalue weighted by Crippen LogP contribution is 2.24. The second-order valence-electron chi connectivity index (χ2n) is 7.06. The molecule has 2 N–H and O–H groups in total. The number of para-hydroxylation sites is 1. The van der Waals surface area contributed by atoms with Crippen LogP contribution in [0.2, 0.25) is 5.02 Å². The molecule has 0 radical (unpaired) electrons. The monoisotopic (exact) mass is 437 g/mol. The number of hydrogen-bond acceptors (Lipinski definition) is 7. The molecule has 156 valence electrons. The predicted octanol–water partition coefficient (Wildman–Crippen LogP) is 3.52. The van der Waals surface area contributed by atoms with Gasteiger partial charge < -0.3 is 15.5 Å². The Kier molecular flexibility index (Phi) is 5.75. The molecule has 4 rings (SSSR count). The zero-order chi connectivity index (χ0) is 22.0. The number of aromatic nitrogens is 3. The highest BCUT2D eigenvalue weighted by molar-refractivity contribution is 6.34. The van der Waals surface area contributed by atoms with Gasteiger partial charge in [0.25, 0.3) is 5.91 Å². The van der Waals surface area contributed by atoms with Crippen molar-refractivity contribution in [2.75, 3.05) is 24.2 Å². The van der Waals surface area contributed by atoms with Crippen molar-refractivity contribution >= 4 is 34.8 Å². The first-order valence-corrected chi connectivity index (χ1v) is 9.78. The van der Waals surface area contributed by atoms with Gasteiger partial charge in [-0.25, -0.2) is 14.4 Å². The van der Waals surface area contributed by atoms with Crippen molar-refractivity contribution in [2.45, 2.75) is 13.0 Å². The Labute approximate surface area is 182 Å². The first-order chi connectivity index (χ1) is 14.9. The van der Waals surface area contributed by atoms with E-state index in [0.717, 1.165) is 36.8 Å². The number of carbonyl (C=O) groups excluding carboxylic acids is 1. The molecule has 0 saturated heterocycles. The fourth-order valence-corrected chi connectivity index (χ4v) is 3.45. The van der Waals surface area contributed by atoms with Gasteiger partial charge in [0.15, 0.2) is 5.69 Å². The summed E-state index contributed by atoms with van der Waals surface area (Å²) >= 11 is 6.09. The highest BCUT2D eigenvalue weighted by Gasteiger charge is 2.19. The molecule has 3 aromatic rings. The number of amides is 1. The van der Waals surface area contributed by atoms with Crippen molar-refractivity contribution in [3.63, 3.8) is 0 Å². The Morgan fingerprint density at radius 3 is 2.97 bits per heavy atom. The number of benzene rings is 1. The first kappa shape index (κ1) is 20.7. The van der Waals surface area contributed by atoms with E-state index in [0.29, 0.717) is 5.69 Å². The van der Waals surface area contributed by atoms with Gasteiger partial charge >= 0.3 is 0 Å². The van der Waals surface area contributed by atoms with Crippen molar-refractivity contribution in [2.24, 2.45) is 0 Å². The smallest absolute Gasteiger partial charge is 0.276 e. The molecule has 0 aliphatic carbocycles. The Balaban J connectivity index is 1.57. The van der Waals surface area contributed by atoms with Crippen LogP contribution in [0.1, 0.15) is 27.3 Å². The van der Waals surface area contributed by atoms with Crippen LogP contribution in [0.3, 0.4) is 0 Å². The molecule has 2 aromatic heterocycles. The van der Waals surface area contributed by atoms with Crippen molar-refractivity contribution in [3.05, 3.63) is 70.0 Å². The van der Waals surface area contributed by atoms with Crippen LogP contribution in [0.15, 0.2) is 36.7 Å². The molecule has 1 aromatic carbocycles. The Bertz CT molecular complexity index is 1210. The van der Waals surface area contributed by atoms with Crippen LogP contribution < -0.4 is 10.6 Å². The molecular formula is C21H17ClFN7O. The highest BCUT2D eigenvalue weighted by atomic mass is 35.5. The molecule has 8 nitrogen and oxygen atoms in total. The molecule has 10 heteroatoms. The summed E-state index contributed by atoms with van der Waals surface area (Å²) in [5.41, 5.74) is 2.43. The Morgan fingerprint density at radius 2 is 2.16 bits per heavy atom. The molecule has 1 aliphatic heterocycles. The number of halogens is 2. The van der Waals surface area contributed by atoms with Gasteiger partial charge in [-0.1, -0.05) is 17.7 Å². The maximum Gasteiger partial charge on any atom is 0.276 e. The summed E-state index contributed by atoms with van der Waals surface area (Å²) in [6.07, 6.45) is 3.84. The van der Waals surface area contributed by atoms with Crippen LogP contribution in [0.4, 0.5) is 21.7 Å². The van der Waals surface area contributed by atoms with Crippen molar-refractivity contribution in [1.82, 2.24) is 19.9 Å². The van der Waals surface area contributed by atoms with Crippen molar-refractivity contribution < 1.29 is 9.18 Å². The van der Waals surface area contributed by atoms with Gasteiger partial charge in [0.1, 0.15) is 11.9 Å². The van der Waals surface area contributed by atoms with Gasteiger partial charge in [-0.3, -0.25) is 9.78 Å². The molecule has 1 amide bonds. The van der Waals surface area contributed by atoms with E-state index in [1.54, 1.807) is 6.20 Å². The molecule has 0 saturated carbocycles. The molecule has 31 heavy (non-hydrogen) atoms. The van der Waals surface area contributed by atoms with Crippen molar-refractivity contribution in [3.8, 4) is 6.07 Å². The van der Waals surface area contributed by atoms with Gasteiger partial charge in [0.2, 0.25) is 5.95 Å². The average Bonchev–Trinajstić information content (AvgIpc) is 2.76. The third kappa shape index (κ3) is 4.45. The Hall–Kier alpha value is -3.61. The number of carbonyl (C=O) groups is 1. The van der Waals surface area contributed by atoms with Crippen molar-refractivity contribution in [1.29, 1.82) is 5.26 Å². The summed E-state index contributed by atoms with van der Waals surface area (Å²) in [6, 6.07) is 7.73. The third-order valence-corrected chi connectivity index (χ3v) is 5.09. The minimum Gasteiger partial charge on any atom is -0.323 e. The lowest BCUT2D eigenvalue weighted by Crippen LogP contribution is -2.27. The number of fused-ring (bicyclic) bond motifs is 1. The summed E-state index contributed by atoms with van der Waals surface area (Å²) in [5.74, 6) is -1.36. The van der Waals surface area contributed by atoms with Crippen LogP contribution in [0, 0.1) is 17.1 Å². The molecule has 0 bridgehead atoms. The molecular weight excluding hydrogens is 421 g/mol. The van der Waals surface area contributed by atoms with E-state index >= 15 is 0 Å². The van der Waals surface area contributed by atoms with Gasteiger partial charge in [0.05, 0.1) is 34.4 Å². The number of nitrogens with zero attached hydrogens (tertiary/aromatic N) is 5. The fourth-order valence-electron chi connectivity index (χ4n) is 3.27. The van der Waals surface area contributed by atoms with E-state index in [-0.39, 0.29) is 27.9 Å². The first-order valence-electron chi connectivity index (χ1n) is 9.40. The topological polar surface area (TPSA) is 107 Å². The third-order valence-electron chi connectivity index (χ3n) is 4.82. The molecule has 0 spiro atoms. The van der Waals surface area contributed by atoms with Crippen LogP contribution in [-0.2, 0) is 13.0 Å². The van der Waals surface area contributed by atoms with E-state index in [9.17, 15) is 9.18 Å². The van der Waals surface area contributed by atoms with Gasteiger partial charge in [-0.15, -0.1) is 0 Å². The van der Waals surface area contributed by atoms with E-state index < -0.39 is 11.7 Å². The lowest BCUT2D eigenvalue weighted by molar-refractivity contribution is 0.102. The SMILES string of the molecule is CN1CCc2ncc(Nc3ncc(Cl)c(C(=O)Nc4c(F)cccc4C#N)n3)cc2C1. The summed E-state index contributed by atoms with van der Waals surface area (Å²) in [4.78, 5) is 27.6. The average molecular weight is 438 g/mol. The minimum atomic E-state index is -0.762. The zero-order valence-corrected chi connectivity index (χ0v) is 17.2. The molecule has 0 unspecified atom stereocenters. The maximum atomic E-state index is 14.1. The summed E-state index contributed by atoms with van der Waals surface area (Å²) in [6.45, 7) is 1.75. The Morgan fingerprint density at radius 1 is 1.32 bits per heavy atom. The van der Waals surface area contributed by atoms with Gasteiger partial charge in [-0.05, 0) is 30.8 Å². The summed E-state index contributed by atoms with van der Waals surface area (Å²) in [7, 11) is 2.05. The summed E-state index contributed by atoms with van der Waals surface area (Å²) in [5, 5.41) is 14.5. The second-order valence-corrected chi connectivity index (χ2v) is 7.47. The minimum absolute atomic E-state index is 0.0110.